The quantitative estimate of drug-likeness (QED) is 0.556. The van der Waals surface area contributed by atoms with Crippen LogP contribution < -0.4 is 9.47 Å². The molecule has 1 fully saturated rings. The van der Waals surface area contributed by atoms with E-state index in [1.165, 1.54) is 0 Å². The van der Waals surface area contributed by atoms with Gasteiger partial charge in [-0.05, 0) is 48.5 Å². The number of ether oxygens (including phenoxy) is 2. The van der Waals surface area contributed by atoms with E-state index in [1.54, 1.807) is 43.5 Å². The number of carbonyl (C=O) groups excluding carboxylic acids is 1. The average Bonchev–Trinajstić information content (AvgIpc) is 3.27. The third-order valence-corrected chi connectivity index (χ3v) is 5.33. The molecule has 0 saturated carbocycles. The molecule has 0 aliphatic carbocycles. The first-order valence-corrected chi connectivity index (χ1v) is 10.3. The molecule has 8 nitrogen and oxygen atoms in total. The number of aromatic nitrogens is 2. The largest absolute Gasteiger partial charge is 0.497 e. The van der Waals surface area contributed by atoms with Crippen LogP contribution in [0.15, 0.2) is 53.1 Å². The predicted octanol–water partition coefficient (Wildman–Crippen LogP) is 3.12. The molecule has 0 radical (unpaired) electrons. The zero-order chi connectivity index (χ0) is 21.6. The summed E-state index contributed by atoms with van der Waals surface area (Å²) in [4.78, 5) is 20.9. The molecule has 1 amide bonds. The Morgan fingerprint density at radius 2 is 1.71 bits per heavy atom. The van der Waals surface area contributed by atoms with Crippen LogP contribution in [0, 0.1) is 0 Å². The van der Waals surface area contributed by atoms with Crippen molar-refractivity contribution in [3.8, 4) is 22.9 Å². The molecule has 2 heterocycles. The van der Waals surface area contributed by atoms with E-state index in [1.807, 2.05) is 17.0 Å². The smallest absolute Gasteiger partial charge is 0.260 e. The monoisotopic (exact) mass is 442 g/mol. The minimum absolute atomic E-state index is 0.0143. The Kier molecular flexibility index (Phi) is 6.69. The average molecular weight is 443 g/mol. The van der Waals surface area contributed by atoms with Crippen LogP contribution in [0.2, 0.25) is 5.02 Å². The number of rotatable bonds is 7. The third kappa shape index (κ3) is 5.53. The second kappa shape index (κ2) is 9.80. The highest BCUT2D eigenvalue weighted by Gasteiger charge is 2.23. The Hall–Kier alpha value is -3.10. The minimum atomic E-state index is -0.0294. The van der Waals surface area contributed by atoms with Crippen LogP contribution in [-0.2, 0) is 11.3 Å². The molecule has 1 aliphatic heterocycles. The van der Waals surface area contributed by atoms with E-state index in [0.717, 1.165) is 24.4 Å². The van der Waals surface area contributed by atoms with Crippen molar-refractivity contribution >= 4 is 17.5 Å². The second-order valence-corrected chi connectivity index (χ2v) is 7.58. The first kappa shape index (κ1) is 21.1. The maximum Gasteiger partial charge on any atom is 0.260 e. The Morgan fingerprint density at radius 3 is 2.39 bits per heavy atom. The third-order valence-electron chi connectivity index (χ3n) is 5.08. The summed E-state index contributed by atoms with van der Waals surface area (Å²) < 4.78 is 16.1. The summed E-state index contributed by atoms with van der Waals surface area (Å²) in [7, 11) is 1.61. The van der Waals surface area contributed by atoms with Crippen molar-refractivity contribution in [3.63, 3.8) is 0 Å². The molecule has 2 aromatic carbocycles. The molecule has 0 unspecified atom stereocenters. The van der Waals surface area contributed by atoms with Crippen molar-refractivity contribution in [3.05, 3.63) is 59.4 Å². The topological polar surface area (TPSA) is 80.9 Å². The molecule has 1 saturated heterocycles. The summed E-state index contributed by atoms with van der Waals surface area (Å²) in [6.45, 7) is 3.28. The number of amides is 1. The van der Waals surface area contributed by atoms with Crippen molar-refractivity contribution in [2.45, 2.75) is 6.54 Å². The van der Waals surface area contributed by atoms with Crippen molar-refractivity contribution in [1.82, 2.24) is 19.9 Å². The van der Waals surface area contributed by atoms with Crippen LogP contribution >= 0.6 is 11.6 Å². The van der Waals surface area contributed by atoms with Crippen LogP contribution in [0.4, 0.5) is 0 Å². The first-order chi connectivity index (χ1) is 15.1. The van der Waals surface area contributed by atoms with E-state index in [0.29, 0.717) is 42.1 Å². The Bertz CT molecular complexity index is 999. The van der Waals surface area contributed by atoms with Gasteiger partial charge in [0.05, 0.1) is 13.7 Å². The molecule has 0 bridgehead atoms. The lowest BCUT2D eigenvalue weighted by atomic mass is 10.2. The van der Waals surface area contributed by atoms with E-state index in [9.17, 15) is 4.79 Å². The molecule has 1 aliphatic rings. The van der Waals surface area contributed by atoms with Crippen LogP contribution in [0.1, 0.15) is 5.89 Å². The van der Waals surface area contributed by atoms with Gasteiger partial charge in [-0.1, -0.05) is 16.8 Å². The van der Waals surface area contributed by atoms with E-state index in [-0.39, 0.29) is 12.5 Å². The molecule has 0 N–H and O–H groups in total. The fraction of sp³-hybridized carbons (Fsp3) is 0.318. The van der Waals surface area contributed by atoms with Gasteiger partial charge in [0.15, 0.2) is 6.61 Å². The summed E-state index contributed by atoms with van der Waals surface area (Å²) in [5, 5.41) is 4.71. The van der Waals surface area contributed by atoms with Gasteiger partial charge in [0.1, 0.15) is 11.5 Å². The lowest BCUT2D eigenvalue weighted by Crippen LogP contribution is -2.49. The molecule has 4 rings (SSSR count). The second-order valence-electron chi connectivity index (χ2n) is 7.14. The number of carbonyl (C=O) groups is 1. The zero-order valence-corrected chi connectivity index (χ0v) is 17.9. The van der Waals surface area contributed by atoms with Crippen molar-refractivity contribution < 1.29 is 18.8 Å². The Morgan fingerprint density at radius 1 is 1.03 bits per heavy atom. The van der Waals surface area contributed by atoms with E-state index < -0.39 is 0 Å². The lowest BCUT2D eigenvalue weighted by Gasteiger charge is -2.33. The number of halogens is 1. The van der Waals surface area contributed by atoms with Crippen LogP contribution in [0.25, 0.3) is 11.4 Å². The molecule has 0 atom stereocenters. The van der Waals surface area contributed by atoms with E-state index >= 15 is 0 Å². The number of benzene rings is 2. The highest BCUT2D eigenvalue weighted by Crippen LogP contribution is 2.20. The van der Waals surface area contributed by atoms with Gasteiger partial charge in [-0.2, -0.15) is 4.98 Å². The molecule has 0 spiro atoms. The fourth-order valence-corrected chi connectivity index (χ4v) is 3.42. The van der Waals surface area contributed by atoms with Gasteiger partial charge < -0.3 is 18.9 Å². The molecule has 1 aromatic heterocycles. The summed E-state index contributed by atoms with van der Waals surface area (Å²) >= 11 is 5.92. The highest BCUT2D eigenvalue weighted by molar-refractivity contribution is 6.30. The highest BCUT2D eigenvalue weighted by atomic mass is 35.5. The number of hydrogen-bond acceptors (Lipinski definition) is 7. The van der Waals surface area contributed by atoms with Gasteiger partial charge in [0.2, 0.25) is 11.7 Å². The van der Waals surface area contributed by atoms with Crippen molar-refractivity contribution in [2.75, 3.05) is 39.9 Å². The maximum absolute atomic E-state index is 12.5. The molecule has 31 heavy (non-hydrogen) atoms. The molecule has 162 valence electrons. The van der Waals surface area contributed by atoms with Crippen LogP contribution in [-0.4, -0.2) is 65.7 Å². The van der Waals surface area contributed by atoms with Gasteiger partial charge in [-0.25, -0.2) is 0 Å². The zero-order valence-electron chi connectivity index (χ0n) is 17.2. The normalized spacial score (nSPS) is 14.5. The molecule has 9 heteroatoms. The SMILES string of the molecule is COc1ccc(OCC(=O)N2CCN(Cc3nc(-c4ccc(Cl)cc4)no3)CC2)cc1. The maximum atomic E-state index is 12.5. The van der Waals surface area contributed by atoms with Crippen LogP contribution in [0.5, 0.6) is 11.5 Å². The number of methoxy groups -OCH3 is 1. The Balaban J connectivity index is 1.23. The van der Waals surface area contributed by atoms with Gasteiger partial charge in [-0.3, -0.25) is 9.69 Å². The number of hydrogen-bond donors (Lipinski definition) is 0. The van der Waals surface area contributed by atoms with Gasteiger partial charge in [-0.15, -0.1) is 0 Å². The van der Waals surface area contributed by atoms with Crippen molar-refractivity contribution in [1.29, 1.82) is 0 Å². The molecule has 3 aromatic rings. The summed E-state index contributed by atoms with van der Waals surface area (Å²) in [6, 6.07) is 14.5. The van der Waals surface area contributed by atoms with E-state index in [2.05, 4.69) is 15.0 Å². The number of piperazine rings is 1. The fourth-order valence-electron chi connectivity index (χ4n) is 3.29. The minimum Gasteiger partial charge on any atom is -0.497 e. The predicted molar refractivity (Wildman–Crippen MR) is 115 cm³/mol. The van der Waals surface area contributed by atoms with Gasteiger partial charge in [0, 0.05) is 36.8 Å². The summed E-state index contributed by atoms with van der Waals surface area (Å²) in [5.41, 5.74) is 0.853. The van der Waals surface area contributed by atoms with Gasteiger partial charge in [0.25, 0.3) is 5.91 Å². The lowest BCUT2D eigenvalue weighted by molar-refractivity contribution is -0.135. The molecular weight excluding hydrogens is 420 g/mol. The Labute approximate surface area is 185 Å². The summed E-state index contributed by atoms with van der Waals surface area (Å²) in [5.74, 6) is 2.44. The first-order valence-electron chi connectivity index (χ1n) is 9.96. The van der Waals surface area contributed by atoms with Crippen molar-refractivity contribution in [2.24, 2.45) is 0 Å². The molecular formula is C22H23ClN4O4. The standard InChI is InChI=1S/C22H23ClN4O4/c1-29-18-6-8-19(9-7-18)30-15-21(28)27-12-10-26(11-13-27)14-20-24-22(25-31-20)16-2-4-17(23)5-3-16/h2-9H,10-15H2,1H3. The van der Waals surface area contributed by atoms with E-state index in [4.69, 9.17) is 25.6 Å². The number of nitrogens with zero attached hydrogens (tertiary/aromatic N) is 4. The summed E-state index contributed by atoms with van der Waals surface area (Å²) in [6.07, 6.45) is 0. The van der Waals surface area contributed by atoms with Gasteiger partial charge >= 0.3 is 0 Å². The van der Waals surface area contributed by atoms with Crippen LogP contribution in [0.3, 0.4) is 0 Å².